The summed E-state index contributed by atoms with van der Waals surface area (Å²) in [6, 6.07) is 1.23. The van der Waals surface area contributed by atoms with Crippen LogP contribution in [-0.2, 0) is 11.1 Å². The van der Waals surface area contributed by atoms with Crippen molar-refractivity contribution < 1.29 is 18.8 Å². The average Bonchev–Trinajstić information content (AvgIpc) is 2.81. The van der Waals surface area contributed by atoms with Crippen LogP contribution in [0.25, 0.3) is 11.6 Å². The van der Waals surface area contributed by atoms with Crippen LogP contribution in [0.1, 0.15) is 13.8 Å². The Kier molecular flexibility index (Phi) is 3.34. The molecule has 2 aromatic heterocycles. The van der Waals surface area contributed by atoms with Gasteiger partial charge < -0.3 is 14.2 Å². The normalized spacial score (nSPS) is 12.3. The van der Waals surface area contributed by atoms with Gasteiger partial charge in [-0.1, -0.05) is 13.8 Å². The average molecular weight is 272 g/mol. The zero-order chi connectivity index (χ0) is 13.3. The molecule has 18 heavy (non-hydrogen) atoms. The van der Waals surface area contributed by atoms with Crippen molar-refractivity contribution in [1.29, 1.82) is 0 Å². The van der Waals surface area contributed by atoms with E-state index in [9.17, 15) is 14.4 Å². The van der Waals surface area contributed by atoms with E-state index in [0.29, 0.717) is 12.5 Å². The fourth-order valence-electron chi connectivity index (χ4n) is 1.54. The summed E-state index contributed by atoms with van der Waals surface area (Å²) >= 11 is 0. The SMILES string of the molecule is CC(C)Cn1nnnc1-c1occc1P(=O)(O)O. The smallest absolute Gasteiger partial charge is 0.360 e. The molecule has 2 N–H and O–H groups in total. The van der Waals surface area contributed by atoms with Crippen molar-refractivity contribution in [2.45, 2.75) is 20.4 Å². The molecule has 0 saturated heterocycles. The van der Waals surface area contributed by atoms with E-state index in [2.05, 4.69) is 15.5 Å². The Morgan fingerprint density at radius 3 is 2.83 bits per heavy atom. The molecule has 0 unspecified atom stereocenters. The van der Waals surface area contributed by atoms with E-state index in [4.69, 9.17) is 4.42 Å². The summed E-state index contributed by atoms with van der Waals surface area (Å²) in [6.07, 6.45) is 1.21. The van der Waals surface area contributed by atoms with Gasteiger partial charge in [-0.2, -0.15) is 0 Å². The van der Waals surface area contributed by atoms with Crippen molar-refractivity contribution >= 4 is 12.9 Å². The maximum atomic E-state index is 11.3. The highest BCUT2D eigenvalue weighted by molar-refractivity contribution is 7.60. The molecular formula is C9H13N4O4P. The Bertz CT molecular complexity index is 585. The minimum atomic E-state index is -4.41. The number of rotatable bonds is 4. The molecule has 0 radical (unpaired) electrons. The van der Waals surface area contributed by atoms with Crippen LogP contribution in [-0.4, -0.2) is 30.0 Å². The van der Waals surface area contributed by atoms with E-state index in [1.807, 2.05) is 13.8 Å². The molecule has 0 spiro atoms. The zero-order valence-corrected chi connectivity index (χ0v) is 10.8. The first-order valence-corrected chi connectivity index (χ1v) is 6.91. The van der Waals surface area contributed by atoms with Crippen molar-refractivity contribution in [3.8, 4) is 11.6 Å². The van der Waals surface area contributed by atoms with Crippen molar-refractivity contribution in [2.24, 2.45) is 5.92 Å². The van der Waals surface area contributed by atoms with E-state index in [1.165, 1.54) is 17.0 Å². The molecule has 0 amide bonds. The molecule has 0 fully saturated rings. The first-order valence-electron chi connectivity index (χ1n) is 5.29. The minimum Gasteiger partial charge on any atom is -0.460 e. The van der Waals surface area contributed by atoms with Gasteiger partial charge in [-0.3, -0.25) is 4.57 Å². The highest BCUT2D eigenvalue weighted by Crippen LogP contribution is 2.37. The van der Waals surface area contributed by atoms with Crippen LogP contribution in [0.5, 0.6) is 0 Å². The quantitative estimate of drug-likeness (QED) is 0.774. The third kappa shape index (κ3) is 2.50. The molecule has 0 aliphatic rings. The summed E-state index contributed by atoms with van der Waals surface area (Å²) in [5, 5.41) is 10.8. The van der Waals surface area contributed by atoms with E-state index >= 15 is 0 Å². The number of tetrazole rings is 1. The van der Waals surface area contributed by atoms with Crippen molar-refractivity contribution in [2.75, 3.05) is 0 Å². The molecule has 0 aromatic carbocycles. The summed E-state index contributed by atoms with van der Waals surface area (Å²) in [7, 11) is -4.41. The molecule has 0 saturated carbocycles. The molecule has 2 rings (SSSR count). The first kappa shape index (κ1) is 12.9. The summed E-state index contributed by atoms with van der Waals surface area (Å²) in [6.45, 7) is 4.50. The number of hydrogen-bond donors (Lipinski definition) is 2. The van der Waals surface area contributed by atoms with Crippen LogP contribution in [0.4, 0.5) is 0 Å². The van der Waals surface area contributed by atoms with Gasteiger partial charge >= 0.3 is 7.60 Å². The van der Waals surface area contributed by atoms with Crippen LogP contribution < -0.4 is 5.30 Å². The topological polar surface area (TPSA) is 114 Å². The molecule has 0 atom stereocenters. The van der Waals surface area contributed by atoms with Crippen LogP contribution in [0.2, 0.25) is 0 Å². The number of furan rings is 1. The number of hydrogen-bond acceptors (Lipinski definition) is 5. The standard InChI is InChI=1S/C9H13N4O4P/c1-6(2)5-13-9(10-11-12-13)8-7(3-4-17-8)18(14,15)16/h3-4,6H,5H2,1-2H3,(H2,14,15,16). The van der Waals surface area contributed by atoms with Gasteiger partial charge in [0.05, 0.1) is 6.26 Å². The summed E-state index contributed by atoms with van der Waals surface area (Å²) in [5.74, 6) is 0.515. The third-order valence-corrected chi connectivity index (χ3v) is 3.21. The predicted molar refractivity (Wildman–Crippen MR) is 62.0 cm³/mol. The summed E-state index contributed by atoms with van der Waals surface area (Å²) in [5.41, 5.74) is 0. The third-order valence-electron chi connectivity index (χ3n) is 2.23. The highest BCUT2D eigenvalue weighted by atomic mass is 31.2. The molecular weight excluding hydrogens is 259 g/mol. The van der Waals surface area contributed by atoms with Gasteiger partial charge in [-0.05, 0) is 22.4 Å². The molecule has 9 heteroatoms. The van der Waals surface area contributed by atoms with Crippen molar-refractivity contribution in [3.05, 3.63) is 12.3 Å². The first-order chi connectivity index (χ1) is 8.39. The lowest BCUT2D eigenvalue weighted by Crippen LogP contribution is -2.11. The molecule has 8 nitrogen and oxygen atoms in total. The van der Waals surface area contributed by atoms with Crippen LogP contribution in [0.15, 0.2) is 16.7 Å². The fourth-order valence-corrected chi connectivity index (χ4v) is 2.21. The van der Waals surface area contributed by atoms with Crippen molar-refractivity contribution in [3.63, 3.8) is 0 Å². The number of nitrogens with zero attached hydrogens (tertiary/aromatic N) is 4. The predicted octanol–water partition coefficient (Wildman–Crippen LogP) is 0.392. The molecule has 0 aliphatic heterocycles. The van der Waals surface area contributed by atoms with Gasteiger partial charge in [-0.25, -0.2) is 4.68 Å². The van der Waals surface area contributed by atoms with Gasteiger partial charge in [0, 0.05) is 6.54 Å². The second kappa shape index (κ2) is 4.64. The van der Waals surface area contributed by atoms with Gasteiger partial charge in [0.15, 0.2) is 5.76 Å². The largest absolute Gasteiger partial charge is 0.460 e. The summed E-state index contributed by atoms with van der Waals surface area (Å²) < 4.78 is 17.9. The lowest BCUT2D eigenvalue weighted by molar-refractivity contribution is 0.387. The van der Waals surface area contributed by atoms with Crippen LogP contribution in [0.3, 0.4) is 0 Å². The Morgan fingerprint density at radius 2 is 2.22 bits per heavy atom. The fraction of sp³-hybridized carbons (Fsp3) is 0.444. The maximum Gasteiger partial charge on any atom is 0.360 e. The van der Waals surface area contributed by atoms with Crippen molar-refractivity contribution in [1.82, 2.24) is 20.2 Å². The second-order valence-corrected chi connectivity index (χ2v) is 5.83. The van der Waals surface area contributed by atoms with E-state index < -0.39 is 7.60 Å². The molecule has 2 aromatic rings. The van der Waals surface area contributed by atoms with Gasteiger partial charge in [0.2, 0.25) is 5.82 Å². The van der Waals surface area contributed by atoms with Gasteiger partial charge in [0.25, 0.3) is 0 Å². The second-order valence-electron chi connectivity index (χ2n) is 4.26. The lowest BCUT2D eigenvalue weighted by Gasteiger charge is -2.07. The Labute approximate surface area is 103 Å². The van der Waals surface area contributed by atoms with E-state index in [-0.39, 0.29) is 16.9 Å². The molecule has 98 valence electrons. The van der Waals surface area contributed by atoms with Gasteiger partial charge in [0.1, 0.15) is 5.30 Å². The minimum absolute atomic E-state index is 0.00832. The lowest BCUT2D eigenvalue weighted by atomic mass is 10.2. The highest BCUT2D eigenvalue weighted by Gasteiger charge is 2.28. The van der Waals surface area contributed by atoms with E-state index in [0.717, 1.165) is 0 Å². The monoisotopic (exact) mass is 272 g/mol. The Hall–Kier alpha value is -1.50. The molecule has 0 aliphatic carbocycles. The number of aromatic nitrogens is 4. The zero-order valence-electron chi connectivity index (χ0n) is 9.89. The molecule has 0 bridgehead atoms. The van der Waals surface area contributed by atoms with Crippen LogP contribution in [0, 0.1) is 5.92 Å². The van der Waals surface area contributed by atoms with E-state index in [1.54, 1.807) is 0 Å². The maximum absolute atomic E-state index is 11.3. The summed E-state index contributed by atoms with van der Waals surface area (Å²) in [4.78, 5) is 18.4. The van der Waals surface area contributed by atoms with Gasteiger partial charge in [-0.15, -0.1) is 5.10 Å². The Balaban J connectivity index is 2.47. The molecule has 2 heterocycles. The Morgan fingerprint density at radius 1 is 1.50 bits per heavy atom. The van der Waals surface area contributed by atoms with Crippen LogP contribution >= 0.6 is 7.60 Å².